The lowest BCUT2D eigenvalue weighted by molar-refractivity contribution is -0.126. The minimum Gasteiger partial charge on any atom is -0.350 e. The van der Waals surface area contributed by atoms with Gasteiger partial charge in [-0.25, -0.2) is 0 Å². The quantitative estimate of drug-likeness (QED) is 0.853. The summed E-state index contributed by atoms with van der Waals surface area (Å²) in [6.45, 7) is 4.38. The van der Waals surface area contributed by atoms with Gasteiger partial charge in [0.05, 0.1) is 0 Å². The highest BCUT2D eigenvalue weighted by Gasteiger charge is 2.28. The summed E-state index contributed by atoms with van der Waals surface area (Å²) in [4.78, 5) is 15.4. The van der Waals surface area contributed by atoms with Gasteiger partial charge in [-0.3, -0.25) is 9.69 Å². The van der Waals surface area contributed by atoms with Crippen LogP contribution in [0, 0.1) is 0 Å². The molecule has 0 bridgehead atoms. The predicted molar refractivity (Wildman–Crippen MR) is 107 cm³/mol. The highest BCUT2D eigenvalue weighted by molar-refractivity contribution is 7.99. The Bertz CT molecular complexity index is 759. The smallest absolute Gasteiger partial charge is 0.242 e. The van der Waals surface area contributed by atoms with E-state index in [1.54, 1.807) is 0 Å². The van der Waals surface area contributed by atoms with E-state index in [2.05, 4.69) is 45.9 Å². The van der Waals surface area contributed by atoms with Gasteiger partial charge in [0.15, 0.2) is 0 Å². The second-order valence-corrected chi connectivity index (χ2v) is 8.11. The molecule has 1 saturated heterocycles. The molecule has 1 amide bonds. The van der Waals surface area contributed by atoms with Crippen LogP contribution in [0.5, 0.6) is 0 Å². The van der Waals surface area contributed by atoms with Gasteiger partial charge in [0, 0.05) is 44.2 Å². The number of nitrogens with zero attached hydrogens (tertiary/aromatic N) is 1. The zero-order valence-electron chi connectivity index (χ0n) is 14.9. The standard InChI is InChI=1S/C21H25N3OS/c25-21(23-13-16-6-7-18-14-22-15-19(18)12-16)20(17-4-2-1-3-5-17)24-8-10-26-11-9-24/h1-7,12,20,22H,8-11,13-15H2,(H,23,25). The molecule has 0 spiro atoms. The number of carbonyl (C=O) groups excluding carboxylic acids is 1. The molecule has 0 aliphatic carbocycles. The first-order chi connectivity index (χ1) is 12.8. The molecule has 1 atom stereocenters. The molecule has 5 heteroatoms. The summed E-state index contributed by atoms with van der Waals surface area (Å²) in [6, 6.07) is 16.5. The number of hydrogen-bond donors (Lipinski definition) is 2. The molecule has 2 aliphatic heterocycles. The molecule has 2 aliphatic rings. The van der Waals surface area contributed by atoms with Crippen LogP contribution < -0.4 is 10.6 Å². The van der Waals surface area contributed by atoms with E-state index < -0.39 is 0 Å². The monoisotopic (exact) mass is 367 g/mol. The van der Waals surface area contributed by atoms with Gasteiger partial charge in [0.2, 0.25) is 5.91 Å². The molecule has 0 saturated carbocycles. The fraction of sp³-hybridized carbons (Fsp3) is 0.381. The first kappa shape index (κ1) is 17.6. The van der Waals surface area contributed by atoms with Crippen LogP contribution in [0.2, 0.25) is 0 Å². The summed E-state index contributed by atoms with van der Waals surface area (Å²) in [7, 11) is 0. The lowest BCUT2D eigenvalue weighted by Crippen LogP contribution is -2.44. The van der Waals surface area contributed by atoms with Gasteiger partial charge < -0.3 is 10.6 Å². The van der Waals surface area contributed by atoms with Gasteiger partial charge >= 0.3 is 0 Å². The Kier molecular flexibility index (Phi) is 5.58. The summed E-state index contributed by atoms with van der Waals surface area (Å²) in [6.07, 6.45) is 0. The second kappa shape index (κ2) is 8.25. The van der Waals surface area contributed by atoms with Crippen LogP contribution in [0.3, 0.4) is 0 Å². The number of fused-ring (bicyclic) bond motifs is 1. The Labute approximate surface area is 159 Å². The Morgan fingerprint density at radius 1 is 1.08 bits per heavy atom. The SMILES string of the molecule is O=C(NCc1ccc2c(c1)CNC2)C(c1ccccc1)N1CCSCC1. The summed E-state index contributed by atoms with van der Waals surface area (Å²) < 4.78 is 0. The molecule has 26 heavy (non-hydrogen) atoms. The minimum absolute atomic E-state index is 0.0988. The molecule has 2 N–H and O–H groups in total. The van der Waals surface area contributed by atoms with Crippen molar-refractivity contribution < 1.29 is 4.79 Å². The number of rotatable bonds is 5. The number of benzene rings is 2. The summed E-state index contributed by atoms with van der Waals surface area (Å²) >= 11 is 1.97. The molecule has 2 aromatic rings. The van der Waals surface area contributed by atoms with E-state index in [0.717, 1.165) is 43.2 Å². The molecular weight excluding hydrogens is 342 g/mol. The maximum absolute atomic E-state index is 13.1. The van der Waals surface area contributed by atoms with Crippen LogP contribution in [0.1, 0.15) is 28.3 Å². The molecule has 136 valence electrons. The Hall–Kier alpha value is -1.82. The minimum atomic E-state index is -0.201. The number of carbonyl (C=O) groups is 1. The highest BCUT2D eigenvalue weighted by Crippen LogP contribution is 2.25. The normalized spacial score (nSPS) is 18.3. The number of hydrogen-bond acceptors (Lipinski definition) is 4. The van der Waals surface area contributed by atoms with E-state index in [1.165, 1.54) is 16.7 Å². The molecule has 2 heterocycles. The van der Waals surface area contributed by atoms with Crippen LogP contribution in [0.15, 0.2) is 48.5 Å². The lowest BCUT2D eigenvalue weighted by atomic mass is 10.0. The number of thioether (sulfide) groups is 1. The van der Waals surface area contributed by atoms with Crippen molar-refractivity contribution in [3.8, 4) is 0 Å². The third-order valence-corrected chi connectivity index (χ3v) is 6.09. The third-order valence-electron chi connectivity index (χ3n) is 5.14. The molecule has 0 aromatic heterocycles. The van der Waals surface area contributed by atoms with Crippen LogP contribution in [-0.2, 0) is 24.4 Å². The van der Waals surface area contributed by atoms with Crippen LogP contribution in [0.4, 0.5) is 0 Å². The van der Waals surface area contributed by atoms with Gasteiger partial charge in [-0.15, -0.1) is 0 Å². The average Bonchev–Trinajstić information content (AvgIpc) is 3.16. The number of amides is 1. The Morgan fingerprint density at radius 2 is 1.85 bits per heavy atom. The fourth-order valence-electron chi connectivity index (χ4n) is 3.74. The van der Waals surface area contributed by atoms with Crippen molar-refractivity contribution in [1.82, 2.24) is 15.5 Å². The van der Waals surface area contributed by atoms with E-state index in [0.29, 0.717) is 6.54 Å². The van der Waals surface area contributed by atoms with Gasteiger partial charge in [0.25, 0.3) is 0 Å². The zero-order valence-corrected chi connectivity index (χ0v) is 15.7. The van der Waals surface area contributed by atoms with Crippen molar-refractivity contribution in [2.45, 2.75) is 25.7 Å². The van der Waals surface area contributed by atoms with Gasteiger partial charge in [0.1, 0.15) is 6.04 Å². The molecule has 1 fully saturated rings. The van der Waals surface area contributed by atoms with Crippen molar-refractivity contribution in [2.75, 3.05) is 24.6 Å². The van der Waals surface area contributed by atoms with E-state index in [9.17, 15) is 4.79 Å². The largest absolute Gasteiger partial charge is 0.350 e. The van der Waals surface area contributed by atoms with E-state index >= 15 is 0 Å². The number of nitrogens with one attached hydrogen (secondary N) is 2. The molecule has 4 rings (SSSR count). The molecule has 4 nitrogen and oxygen atoms in total. The zero-order chi connectivity index (χ0) is 17.8. The predicted octanol–water partition coefficient (Wildman–Crippen LogP) is 2.70. The maximum Gasteiger partial charge on any atom is 0.242 e. The summed E-state index contributed by atoms with van der Waals surface area (Å²) in [5.41, 5.74) is 4.97. The highest BCUT2D eigenvalue weighted by atomic mass is 32.2. The second-order valence-electron chi connectivity index (χ2n) is 6.89. The van der Waals surface area contributed by atoms with E-state index in [1.807, 2.05) is 30.0 Å². The topological polar surface area (TPSA) is 44.4 Å². The van der Waals surface area contributed by atoms with E-state index in [4.69, 9.17) is 0 Å². The Balaban J connectivity index is 1.47. The molecule has 1 unspecified atom stereocenters. The first-order valence-corrected chi connectivity index (χ1v) is 10.4. The van der Waals surface area contributed by atoms with Crippen molar-refractivity contribution in [3.63, 3.8) is 0 Å². The molecular formula is C21H25N3OS. The van der Waals surface area contributed by atoms with Gasteiger partial charge in [-0.1, -0.05) is 48.5 Å². The van der Waals surface area contributed by atoms with Crippen LogP contribution >= 0.6 is 11.8 Å². The Morgan fingerprint density at radius 3 is 2.65 bits per heavy atom. The third kappa shape index (κ3) is 3.95. The van der Waals surface area contributed by atoms with Crippen molar-refractivity contribution in [3.05, 3.63) is 70.8 Å². The molecule has 0 radical (unpaired) electrons. The van der Waals surface area contributed by atoms with Crippen molar-refractivity contribution in [1.29, 1.82) is 0 Å². The van der Waals surface area contributed by atoms with Crippen molar-refractivity contribution in [2.24, 2.45) is 0 Å². The van der Waals surface area contributed by atoms with Gasteiger partial charge in [-0.2, -0.15) is 11.8 Å². The van der Waals surface area contributed by atoms with Crippen LogP contribution in [-0.4, -0.2) is 35.4 Å². The van der Waals surface area contributed by atoms with Crippen molar-refractivity contribution >= 4 is 17.7 Å². The fourth-order valence-corrected chi connectivity index (χ4v) is 4.67. The maximum atomic E-state index is 13.1. The average molecular weight is 368 g/mol. The van der Waals surface area contributed by atoms with E-state index in [-0.39, 0.29) is 11.9 Å². The first-order valence-electron chi connectivity index (χ1n) is 9.27. The molecule has 2 aromatic carbocycles. The van der Waals surface area contributed by atoms with Gasteiger partial charge in [-0.05, 0) is 22.3 Å². The summed E-state index contributed by atoms with van der Waals surface area (Å²) in [5, 5.41) is 6.54. The summed E-state index contributed by atoms with van der Waals surface area (Å²) in [5.74, 6) is 2.28. The van der Waals surface area contributed by atoms with Crippen LogP contribution in [0.25, 0.3) is 0 Å². The lowest BCUT2D eigenvalue weighted by Gasteiger charge is -2.33.